The summed E-state index contributed by atoms with van der Waals surface area (Å²) in [6, 6.07) is 16.9. The van der Waals surface area contributed by atoms with Gasteiger partial charge in [-0.2, -0.15) is 0 Å². The highest BCUT2D eigenvalue weighted by Gasteiger charge is 2.19. The lowest BCUT2D eigenvalue weighted by atomic mass is 9.85. The number of hydrogen-bond donors (Lipinski definition) is 0. The lowest BCUT2D eigenvalue weighted by molar-refractivity contribution is 0.0973. The van der Waals surface area contributed by atoms with Crippen LogP contribution in [0.15, 0.2) is 48.5 Å². The van der Waals surface area contributed by atoms with Gasteiger partial charge in [0.25, 0.3) is 0 Å². The van der Waals surface area contributed by atoms with Crippen LogP contribution in [0.4, 0.5) is 0 Å². The van der Waals surface area contributed by atoms with Crippen molar-refractivity contribution in [1.29, 1.82) is 0 Å². The molecule has 0 radical (unpaired) electrons. The van der Waals surface area contributed by atoms with Crippen molar-refractivity contribution in [2.24, 2.45) is 0 Å². The topological polar surface area (TPSA) is 17.1 Å². The van der Waals surface area contributed by atoms with Crippen LogP contribution in [0.5, 0.6) is 0 Å². The second-order valence-corrected chi connectivity index (χ2v) is 5.25. The number of benzene rings is 3. The highest BCUT2D eigenvalue weighted by Crippen LogP contribution is 2.33. The van der Waals surface area contributed by atoms with Crippen LogP contribution >= 0.6 is 0 Å². The van der Waals surface area contributed by atoms with Gasteiger partial charge >= 0.3 is 0 Å². The van der Waals surface area contributed by atoms with Crippen molar-refractivity contribution in [2.75, 3.05) is 0 Å². The summed E-state index contributed by atoms with van der Waals surface area (Å²) in [5.41, 5.74) is 2.20. The molecule has 1 nitrogen and oxygen atoms in total. The number of fused-ring (bicyclic) bond motifs is 5. The molecule has 0 amide bonds. The van der Waals surface area contributed by atoms with Gasteiger partial charge in [-0.05, 0) is 39.9 Å². The molecule has 0 heterocycles. The largest absolute Gasteiger partial charge is 0.294 e. The number of carbonyl (C=O) groups excluding carboxylic acids is 1. The smallest absolute Gasteiger partial charge is 0.163 e. The van der Waals surface area contributed by atoms with Gasteiger partial charge in [0.1, 0.15) is 0 Å². The van der Waals surface area contributed by atoms with Gasteiger partial charge in [0, 0.05) is 12.0 Å². The normalized spacial score (nSPS) is 14.8. The molecule has 0 spiro atoms. The first-order valence-electron chi connectivity index (χ1n) is 6.81. The van der Waals surface area contributed by atoms with Gasteiger partial charge in [-0.15, -0.1) is 0 Å². The van der Waals surface area contributed by atoms with Crippen molar-refractivity contribution in [1.82, 2.24) is 0 Å². The summed E-state index contributed by atoms with van der Waals surface area (Å²) >= 11 is 0. The summed E-state index contributed by atoms with van der Waals surface area (Å²) in [4.78, 5) is 12.1. The Kier molecular flexibility index (Phi) is 2.22. The van der Waals surface area contributed by atoms with Gasteiger partial charge in [-0.1, -0.05) is 48.5 Å². The van der Waals surface area contributed by atoms with E-state index in [-0.39, 0.29) is 0 Å². The van der Waals surface area contributed by atoms with Crippen LogP contribution < -0.4 is 0 Å². The van der Waals surface area contributed by atoms with Crippen LogP contribution in [0.25, 0.3) is 21.5 Å². The molecule has 0 N–H and O–H groups in total. The Labute approximate surface area is 111 Å². The van der Waals surface area contributed by atoms with Crippen molar-refractivity contribution >= 4 is 27.3 Å². The monoisotopic (exact) mass is 246 g/mol. The van der Waals surface area contributed by atoms with E-state index in [0.29, 0.717) is 12.2 Å². The molecule has 0 bridgehead atoms. The van der Waals surface area contributed by atoms with Crippen molar-refractivity contribution in [3.05, 3.63) is 59.7 Å². The van der Waals surface area contributed by atoms with Crippen LogP contribution in [0.2, 0.25) is 0 Å². The number of hydrogen-bond acceptors (Lipinski definition) is 1. The molecule has 0 aromatic heterocycles. The fraction of sp³-hybridized carbons (Fsp3) is 0.167. The fourth-order valence-electron chi connectivity index (χ4n) is 3.25. The number of rotatable bonds is 0. The summed E-state index contributed by atoms with van der Waals surface area (Å²) in [7, 11) is 0. The molecule has 0 aliphatic heterocycles. The highest BCUT2D eigenvalue weighted by atomic mass is 16.1. The third-order valence-electron chi connectivity index (χ3n) is 4.15. The second-order valence-electron chi connectivity index (χ2n) is 5.25. The van der Waals surface area contributed by atoms with Crippen molar-refractivity contribution in [2.45, 2.75) is 19.3 Å². The molecule has 0 atom stereocenters. The zero-order chi connectivity index (χ0) is 12.8. The molecule has 0 saturated heterocycles. The predicted molar refractivity (Wildman–Crippen MR) is 78.7 cm³/mol. The summed E-state index contributed by atoms with van der Waals surface area (Å²) in [5.74, 6) is 0.302. The first-order chi connectivity index (χ1) is 9.34. The SMILES string of the molecule is O=C1CCCc2c1ccc1ccc3ccccc3c21. The van der Waals surface area contributed by atoms with Gasteiger partial charge in [-0.25, -0.2) is 0 Å². The number of Topliss-reactive ketones (excluding diaryl/α,β-unsaturated/α-hetero) is 1. The molecule has 3 aromatic carbocycles. The van der Waals surface area contributed by atoms with E-state index in [4.69, 9.17) is 0 Å². The fourth-order valence-corrected chi connectivity index (χ4v) is 3.25. The van der Waals surface area contributed by atoms with E-state index in [0.717, 1.165) is 18.4 Å². The van der Waals surface area contributed by atoms with Crippen LogP contribution in [0.3, 0.4) is 0 Å². The minimum atomic E-state index is 0.302. The third kappa shape index (κ3) is 1.51. The minimum Gasteiger partial charge on any atom is -0.294 e. The summed E-state index contributed by atoms with van der Waals surface area (Å²) in [6.07, 6.45) is 2.70. The summed E-state index contributed by atoms with van der Waals surface area (Å²) < 4.78 is 0. The lowest BCUT2D eigenvalue weighted by Gasteiger charge is -2.18. The zero-order valence-electron chi connectivity index (χ0n) is 10.6. The van der Waals surface area contributed by atoms with Gasteiger partial charge in [0.2, 0.25) is 0 Å². The Hall–Kier alpha value is -2.15. The van der Waals surface area contributed by atoms with Gasteiger partial charge in [0.15, 0.2) is 5.78 Å². The Morgan fingerprint density at radius 2 is 1.58 bits per heavy atom. The van der Waals surface area contributed by atoms with E-state index in [1.165, 1.54) is 27.1 Å². The molecule has 1 aliphatic carbocycles. The molecule has 1 aliphatic rings. The maximum Gasteiger partial charge on any atom is 0.163 e. The standard InChI is InChI=1S/C18H14O/c19-17-7-3-6-16-15(17)11-10-13-9-8-12-4-1-2-5-14(12)18(13)16/h1-2,4-5,8-11H,3,6-7H2. The van der Waals surface area contributed by atoms with Gasteiger partial charge < -0.3 is 0 Å². The molecule has 3 aromatic rings. The number of ketones is 1. The van der Waals surface area contributed by atoms with Gasteiger partial charge in [0.05, 0.1) is 0 Å². The van der Waals surface area contributed by atoms with E-state index >= 15 is 0 Å². The summed E-state index contributed by atoms with van der Waals surface area (Å²) in [6.45, 7) is 0. The zero-order valence-corrected chi connectivity index (χ0v) is 10.6. The predicted octanol–water partition coefficient (Wildman–Crippen LogP) is 4.51. The Balaban J connectivity index is 2.22. The van der Waals surface area contributed by atoms with E-state index in [2.05, 4.69) is 42.5 Å². The Morgan fingerprint density at radius 3 is 2.53 bits per heavy atom. The lowest BCUT2D eigenvalue weighted by Crippen LogP contribution is -2.11. The molecule has 0 saturated carbocycles. The molecular weight excluding hydrogens is 232 g/mol. The molecule has 4 rings (SSSR count). The van der Waals surface area contributed by atoms with Crippen molar-refractivity contribution < 1.29 is 4.79 Å². The van der Waals surface area contributed by atoms with Crippen molar-refractivity contribution in [3.8, 4) is 0 Å². The summed E-state index contributed by atoms with van der Waals surface area (Å²) in [5, 5.41) is 5.05. The van der Waals surface area contributed by atoms with Gasteiger partial charge in [-0.3, -0.25) is 4.79 Å². The Bertz CT molecular complexity index is 814. The van der Waals surface area contributed by atoms with Crippen LogP contribution in [-0.4, -0.2) is 5.78 Å². The maximum atomic E-state index is 12.1. The minimum absolute atomic E-state index is 0.302. The van der Waals surface area contributed by atoms with E-state index in [9.17, 15) is 4.79 Å². The number of aryl methyl sites for hydroxylation is 1. The third-order valence-corrected chi connectivity index (χ3v) is 4.15. The first kappa shape index (κ1) is 10.7. The molecule has 0 unspecified atom stereocenters. The van der Waals surface area contributed by atoms with Crippen LogP contribution in [0.1, 0.15) is 28.8 Å². The van der Waals surface area contributed by atoms with E-state index < -0.39 is 0 Å². The molecule has 19 heavy (non-hydrogen) atoms. The van der Waals surface area contributed by atoms with Crippen LogP contribution in [0, 0.1) is 0 Å². The van der Waals surface area contributed by atoms with E-state index in [1.54, 1.807) is 0 Å². The van der Waals surface area contributed by atoms with Crippen LogP contribution in [-0.2, 0) is 6.42 Å². The highest BCUT2D eigenvalue weighted by molar-refractivity contribution is 6.13. The molecule has 1 heteroatoms. The number of carbonyl (C=O) groups is 1. The van der Waals surface area contributed by atoms with E-state index in [1.807, 2.05) is 6.07 Å². The molecule has 92 valence electrons. The maximum absolute atomic E-state index is 12.1. The first-order valence-corrected chi connectivity index (χ1v) is 6.81. The molecule has 0 fully saturated rings. The quantitative estimate of drug-likeness (QED) is 0.533. The second kappa shape index (κ2) is 3.92. The Morgan fingerprint density at radius 1 is 0.789 bits per heavy atom. The average molecular weight is 246 g/mol. The molecular formula is C18H14O. The average Bonchev–Trinajstić information content (AvgIpc) is 2.47. The van der Waals surface area contributed by atoms with Crippen molar-refractivity contribution in [3.63, 3.8) is 0 Å².